The molecule has 1 heteroatoms. The number of rotatable bonds is 16. The summed E-state index contributed by atoms with van der Waals surface area (Å²) < 4.78 is 0. The van der Waals surface area contributed by atoms with Crippen molar-refractivity contribution in [3.8, 4) is 0 Å². The molecule has 0 rings (SSSR count). The van der Waals surface area contributed by atoms with Gasteiger partial charge in [-0.05, 0) is 0 Å². The first-order chi connectivity index (χ1) is 9.41. The molecule has 0 unspecified atom stereocenters. The third-order valence-electron chi connectivity index (χ3n) is 4.06. The van der Waals surface area contributed by atoms with Crippen molar-refractivity contribution in [3.05, 3.63) is 0 Å². The molecule has 0 aliphatic heterocycles. The molecule has 0 atom stereocenters. The van der Waals surface area contributed by atoms with Crippen LogP contribution < -0.4 is 0 Å². The fourth-order valence-corrected chi connectivity index (χ4v) is 3.30. The second kappa shape index (κ2) is 18.6. The van der Waals surface area contributed by atoms with Gasteiger partial charge in [0.05, 0.1) is 0 Å². The van der Waals surface area contributed by atoms with Crippen LogP contribution in [-0.2, 0) is 0 Å². The Bertz CT molecular complexity index is 129. The van der Waals surface area contributed by atoms with Crippen molar-refractivity contribution in [1.82, 2.24) is 0 Å². The second-order valence-electron chi connectivity index (χ2n) is 6.09. The molecule has 0 heterocycles. The van der Waals surface area contributed by atoms with E-state index in [1.165, 1.54) is 108 Å². The van der Waals surface area contributed by atoms with Gasteiger partial charge in [0.1, 0.15) is 0 Å². The van der Waals surface area contributed by atoms with Crippen LogP contribution in [0.25, 0.3) is 0 Å². The van der Waals surface area contributed by atoms with E-state index in [4.69, 9.17) is 0 Å². The molecule has 0 aliphatic rings. The fraction of sp³-hybridized carbons (Fsp3) is 1.00. The maximum absolute atomic E-state index is 2.30. The first-order valence-electron chi connectivity index (χ1n) is 9.12. The third-order valence-corrected chi connectivity index (χ3v) is 4.91. The van der Waals surface area contributed by atoms with E-state index in [2.05, 4.69) is 6.92 Å². The molecule has 0 bridgehead atoms. The summed E-state index contributed by atoms with van der Waals surface area (Å²) in [5.41, 5.74) is 0. The van der Waals surface area contributed by atoms with Gasteiger partial charge in [0, 0.05) is 0 Å². The van der Waals surface area contributed by atoms with Gasteiger partial charge in [-0.15, -0.1) is 0 Å². The van der Waals surface area contributed by atoms with Crippen LogP contribution >= 0.6 is 0 Å². The van der Waals surface area contributed by atoms with Crippen molar-refractivity contribution in [3.63, 3.8) is 0 Å². The van der Waals surface area contributed by atoms with E-state index >= 15 is 0 Å². The molecule has 0 N–H and O–H groups in total. The summed E-state index contributed by atoms with van der Waals surface area (Å²) in [7, 11) is 0. The summed E-state index contributed by atoms with van der Waals surface area (Å²) in [4.78, 5) is 1.44. The maximum atomic E-state index is 2.30. The number of unbranched alkanes of at least 4 members (excludes halogenated alkanes) is 15. The van der Waals surface area contributed by atoms with Crippen molar-refractivity contribution < 1.29 is 0 Å². The molecule has 112 valence electrons. The number of hydrogen-bond acceptors (Lipinski definition) is 0. The van der Waals surface area contributed by atoms with E-state index in [1.54, 1.807) is 0 Å². The number of hydrogen-bond donors (Lipinski definition) is 0. The van der Waals surface area contributed by atoms with Crippen molar-refractivity contribution >= 4 is 18.6 Å². The molecule has 0 fully saturated rings. The average molecular weight is 323 g/mol. The van der Waals surface area contributed by atoms with Gasteiger partial charge in [0.2, 0.25) is 0 Å². The van der Waals surface area contributed by atoms with E-state index in [9.17, 15) is 0 Å². The zero-order chi connectivity index (χ0) is 14.0. The standard InChI is InChI=1S/C18H37.Ga/c1-3-5-7-9-11-13-15-17-18-16-14-12-10-8-6-4-2;/h1,3-18H2,2H3;. The van der Waals surface area contributed by atoms with Gasteiger partial charge in [-0.2, -0.15) is 0 Å². The molecular weight excluding hydrogens is 286 g/mol. The molecule has 19 heavy (non-hydrogen) atoms. The monoisotopic (exact) mass is 322 g/mol. The molecule has 2 radical (unpaired) electrons. The van der Waals surface area contributed by atoms with Gasteiger partial charge < -0.3 is 0 Å². The van der Waals surface area contributed by atoms with Gasteiger partial charge >= 0.3 is 94.2 Å². The Hall–Kier alpha value is 0.636. The van der Waals surface area contributed by atoms with Crippen molar-refractivity contribution in [2.45, 2.75) is 115 Å². The molecular formula is C18H37Ga. The summed E-state index contributed by atoms with van der Waals surface area (Å²) in [5, 5.41) is 0. The molecule has 0 saturated carbocycles. The van der Waals surface area contributed by atoms with Crippen LogP contribution in [0.2, 0.25) is 4.98 Å². The first-order valence-corrected chi connectivity index (χ1v) is 10.8. The summed E-state index contributed by atoms with van der Waals surface area (Å²) >= 11 is 1.90. The average Bonchev–Trinajstić information content (AvgIpc) is 2.43. The van der Waals surface area contributed by atoms with Crippen molar-refractivity contribution in [2.24, 2.45) is 0 Å². The zero-order valence-corrected chi connectivity index (χ0v) is 16.0. The normalized spacial score (nSPS) is 11.0. The SMILES string of the molecule is CCCCCCCCCCCCCCCCC[CH2][Ga]. The predicted octanol–water partition coefficient (Wildman–Crippen LogP) is 6.83. The van der Waals surface area contributed by atoms with Crippen LogP contribution in [0.1, 0.15) is 110 Å². The Morgan fingerprint density at radius 3 is 0.947 bits per heavy atom. The second-order valence-corrected chi connectivity index (χ2v) is 7.30. The zero-order valence-electron chi connectivity index (χ0n) is 13.6. The Morgan fingerprint density at radius 2 is 0.684 bits per heavy atom. The molecule has 0 nitrogen and oxygen atoms in total. The fourth-order valence-electron chi connectivity index (χ4n) is 2.69. The van der Waals surface area contributed by atoms with E-state index in [1.807, 2.05) is 18.6 Å². The molecule has 0 aromatic heterocycles. The molecule has 0 amide bonds. The van der Waals surface area contributed by atoms with Crippen LogP contribution in [0.5, 0.6) is 0 Å². The quantitative estimate of drug-likeness (QED) is 0.216. The topological polar surface area (TPSA) is 0 Å². The van der Waals surface area contributed by atoms with Gasteiger partial charge in [0.15, 0.2) is 0 Å². The summed E-state index contributed by atoms with van der Waals surface area (Å²) in [6.07, 6.45) is 23.6. The molecule has 0 aliphatic carbocycles. The molecule has 0 spiro atoms. The van der Waals surface area contributed by atoms with E-state index in [-0.39, 0.29) is 0 Å². The minimum absolute atomic E-state index is 1.37. The van der Waals surface area contributed by atoms with Gasteiger partial charge in [-0.3, -0.25) is 0 Å². The van der Waals surface area contributed by atoms with Crippen LogP contribution in [0.3, 0.4) is 0 Å². The summed E-state index contributed by atoms with van der Waals surface area (Å²) in [6, 6.07) is 0. The van der Waals surface area contributed by atoms with E-state index in [0.29, 0.717) is 0 Å². The molecule has 0 saturated heterocycles. The first kappa shape index (κ1) is 19.6. The van der Waals surface area contributed by atoms with Gasteiger partial charge in [-0.1, -0.05) is 39.0 Å². The van der Waals surface area contributed by atoms with Crippen LogP contribution in [0.15, 0.2) is 0 Å². The summed E-state index contributed by atoms with van der Waals surface area (Å²) in [5.74, 6) is 0. The summed E-state index contributed by atoms with van der Waals surface area (Å²) in [6.45, 7) is 2.30. The Labute approximate surface area is 133 Å². The van der Waals surface area contributed by atoms with Crippen LogP contribution in [-0.4, -0.2) is 18.6 Å². The Balaban J connectivity index is 2.88. The van der Waals surface area contributed by atoms with Crippen LogP contribution in [0, 0.1) is 0 Å². The van der Waals surface area contributed by atoms with E-state index < -0.39 is 0 Å². The van der Waals surface area contributed by atoms with Gasteiger partial charge in [0.25, 0.3) is 0 Å². The third kappa shape index (κ3) is 18.6. The van der Waals surface area contributed by atoms with E-state index in [0.717, 1.165) is 0 Å². The van der Waals surface area contributed by atoms with Crippen LogP contribution in [0.4, 0.5) is 0 Å². The Kier molecular flexibility index (Phi) is 19.3. The minimum atomic E-state index is 1.37. The van der Waals surface area contributed by atoms with Gasteiger partial charge in [-0.25, -0.2) is 0 Å². The molecule has 0 aromatic carbocycles. The van der Waals surface area contributed by atoms with Crippen molar-refractivity contribution in [1.29, 1.82) is 0 Å². The predicted molar refractivity (Wildman–Crippen MR) is 90.1 cm³/mol. The Morgan fingerprint density at radius 1 is 0.421 bits per heavy atom. The van der Waals surface area contributed by atoms with Crippen molar-refractivity contribution in [2.75, 3.05) is 0 Å². The molecule has 0 aromatic rings.